The third-order valence-electron chi connectivity index (χ3n) is 5.92. The van der Waals surface area contributed by atoms with E-state index in [0.717, 1.165) is 39.1 Å². The maximum absolute atomic E-state index is 9.62. The number of aryl methyl sites for hydroxylation is 1. The molecule has 34 heavy (non-hydrogen) atoms. The molecule has 6 rings (SSSR count). The number of hydrogen-bond acceptors (Lipinski definition) is 5. The van der Waals surface area contributed by atoms with Crippen LogP contribution in [0.3, 0.4) is 0 Å². The van der Waals surface area contributed by atoms with Gasteiger partial charge < -0.3 is 9.67 Å². The van der Waals surface area contributed by atoms with Crippen LogP contribution in [0.1, 0.15) is 6.42 Å². The van der Waals surface area contributed by atoms with Crippen molar-refractivity contribution >= 4 is 16.7 Å². The third-order valence-corrected chi connectivity index (χ3v) is 5.92. The molecule has 0 aliphatic carbocycles. The molecule has 1 N–H and O–H groups in total. The van der Waals surface area contributed by atoms with Gasteiger partial charge in [-0.05, 0) is 29.7 Å². The van der Waals surface area contributed by atoms with Crippen molar-refractivity contribution in [3.63, 3.8) is 0 Å². The van der Waals surface area contributed by atoms with Crippen molar-refractivity contribution < 1.29 is 5.11 Å². The Kier molecular flexibility index (Phi) is 5.08. The highest BCUT2D eigenvalue weighted by atomic mass is 16.3. The summed E-state index contributed by atoms with van der Waals surface area (Å²) in [6.45, 7) is 0.736. The first-order valence-corrected chi connectivity index (χ1v) is 11.3. The smallest absolute Gasteiger partial charge is 0.200 e. The van der Waals surface area contributed by atoms with Crippen LogP contribution in [0, 0.1) is 0 Å². The van der Waals surface area contributed by atoms with Crippen LogP contribution in [0.4, 0.5) is 0 Å². The summed E-state index contributed by atoms with van der Waals surface area (Å²) in [5, 5.41) is 15.2. The van der Waals surface area contributed by atoms with Crippen molar-refractivity contribution in [3.8, 4) is 33.9 Å². The first kappa shape index (κ1) is 20.3. The van der Waals surface area contributed by atoms with Crippen LogP contribution in [0.2, 0.25) is 0 Å². The molecule has 0 aliphatic rings. The van der Waals surface area contributed by atoms with Gasteiger partial charge in [-0.1, -0.05) is 66.7 Å². The Bertz CT molecular complexity index is 1570. The topological polar surface area (TPSA) is 81.1 Å². The van der Waals surface area contributed by atoms with Gasteiger partial charge in [0.25, 0.3) is 0 Å². The predicted molar refractivity (Wildman–Crippen MR) is 132 cm³/mol. The van der Waals surface area contributed by atoms with Crippen LogP contribution in [0.5, 0.6) is 0 Å². The van der Waals surface area contributed by atoms with Gasteiger partial charge in [0.05, 0.1) is 11.1 Å². The molecule has 4 heterocycles. The van der Waals surface area contributed by atoms with E-state index in [1.54, 1.807) is 17.0 Å². The van der Waals surface area contributed by atoms with Gasteiger partial charge in [-0.3, -0.25) is 4.98 Å². The van der Waals surface area contributed by atoms with E-state index < -0.39 is 0 Å². The van der Waals surface area contributed by atoms with Gasteiger partial charge in [-0.2, -0.15) is 0 Å². The average molecular weight is 447 g/mol. The Labute approximate surface area is 196 Å². The molecule has 6 aromatic rings. The summed E-state index contributed by atoms with van der Waals surface area (Å²) in [5.74, 6) is 0.554. The molecule has 0 radical (unpaired) electrons. The molecule has 0 spiro atoms. The molecule has 0 aliphatic heterocycles. The lowest BCUT2D eigenvalue weighted by Crippen LogP contribution is -2.04. The zero-order chi connectivity index (χ0) is 22.9. The largest absolute Gasteiger partial charge is 0.396 e. The highest BCUT2D eigenvalue weighted by molar-refractivity contribution is 6.09. The summed E-state index contributed by atoms with van der Waals surface area (Å²) in [4.78, 5) is 14.2. The molecule has 0 bridgehead atoms. The first-order chi connectivity index (χ1) is 16.8. The lowest BCUT2D eigenvalue weighted by Gasteiger charge is -2.12. The maximum atomic E-state index is 9.62. The fraction of sp³-hybridized carbons (Fsp3) is 0.111. The number of aromatic nitrogens is 6. The van der Waals surface area contributed by atoms with Crippen molar-refractivity contribution in [1.29, 1.82) is 0 Å². The normalized spacial score (nSPS) is 11.4. The van der Waals surface area contributed by atoms with Crippen molar-refractivity contribution in [3.05, 3.63) is 91.4 Å². The van der Waals surface area contributed by atoms with Crippen LogP contribution in [-0.2, 0) is 6.54 Å². The quantitative estimate of drug-likeness (QED) is 0.395. The molecule has 7 nitrogen and oxygen atoms in total. The summed E-state index contributed by atoms with van der Waals surface area (Å²) in [6.07, 6.45) is 4.07. The molecule has 166 valence electrons. The zero-order valence-electron chi connectivity index (χ0n) is 18.4. The molecule has 0 saturated heterocycles. The Hall–Kier alpha value is -4.36. The Morgan fingerprint density at radius 1 is 0.765 bits per heavy atom. The zero-order valence-corrected chi connectivity index (χ0v) is 18.4. The standard InChI is InChI=1S/C27H22N6O/c34-17-9-16-32-24(20-12-5-2-6-13-20)22(19-10-3-1-4-11-19)23-26(32)29-18-33-27(23)30-25(31-33)21-14-7-8-15-28-21/h1-8,10-15,18,34H,9,16-17H2. The van der Waals surface area contributed by atoms with E-state index in [1.807, 2.05) is 54.6 Å². The molecular formula is C27H22N6O. The van der Waals surface area contributed by atoms with E-state index in [2.05, 4.69) is 38.9 Å². The maximum Gasteiger partial charge on any atom is 0.200 e. The minimum Gasteiger partial charge on any atom is -0.396 e. The Morgan fingerprint density at radius 2 is 1.50 bits per heavy atom. The predicted octanol–water partition coefficient (Wildman–Crippen LogP) is 4.86. The molecule has 0 unspecified atom stereocenters. The van der Waals surface area contributed by atoms with Crippen LogP contribution >= 0.6 is 0 Å². The third kappa shape index (κ3) is 3.34. The first-order valence-electron chi connectivity index (χ1n) is 11.3. The van der Waals surface area contributed by atoms with Gasteiger partial charge in [-0.25, -0.2) is 14.5 Å². The second-order valence-corrected chi connectivity index (χ2v) is 8.05. The van der Waals surface area contributed by atoms with E-state index in [-0.39, 0.29) is 6.61 Å². The Morgan fingerprint density at radius 3 is 2.21 bits per heavy atom. The molecule has 0 atom stereocenters. The van der Waals surface area contributed by atoms with Crippen molar-refractivity contribution in [1.82, 2.24) is 29.1 Å². The van der Waals surface area contributed by atoms with Gasteiger partial charge in [0.15, 0.2) is 5.65 Å². The van der Waals surface area contributed by atoms with Crippen LogP contribution in [-0.4, -0.2) is 40.8 Å². The van der Waals surface area contributed by atoms with Crippen molar-refractivity contribution in [2.24, 2.45) is 0 Å². The van der Waals surface area contributed by atoms with E-state index in [1.165, 1.54) is 0 Å². The average Bonchev–Trinajstić information content (AvgIpc) is 3.48. The fourth-order valence-electron chi connectivity index (χ4n) is 4.47. The second-order valence-electron chi connectivity index (χ2n) is 8.05. The van der Waals surface area contributed by atoms with Gasteiger partial charge in [0, 0.05) is 24.9 Å². The van der Waals surface area contributed by atoms with Crippen molar-refractivity contribution in [2.45, 2.75) is 13.0 Å². The van der Waals surface area contributed by atoms with E-state index >= 15 is 0 Å². The summed E-state index contributed by atoms with van der Waals surface area (Å²) >= 11 is 0. The number of fused-ring (bicyclic) bond motifs is 3. The fourth-order valence-corrected chi connectivity index (χ4v) is 4.47. The SMILES string of the molecule is OCCCn1c(-c2ccccc2)c(-c2ccccc2)c2c1ncn1nc(-c3ccccn3)nc21. The van der Waals surface area contributed by atoms with Gasteiger partial charge in [0.1, 0.15) is 17.7 Å². The molecule has 4 aromatic heterocycles. The summed E-state index contributed by atoms with van der Waals surface area (Å²) in [7, 11) is 0. The lowest BCUT2D eigenvalue weighted by atomic mass is 9.99. The number of rotatable bonds is 6. The monoisotopic (exact) mass is 446 g/mol. The van der Waals surface area contributed by atoms with E-state index in [9.17, 15) is 5.11 Å². The van der Waals surface area contributed by atoms with Gasteiger partial charge >= 0.3 is 0 Å². The van der Waals surface area contributed by atoms with Gasteiger partial charge in [0.2, 0.25) is 5.82 Å². The number of nitrogens with zero attached hydrogens (tertiary/aromatic N) is 6. The highest BCUT2D eigenvalue weighted by Gasteiger charge is 2.24. The molecule has 0 saturated carbocycles. The second kappa shape index (κ2) is 8.53. The minimum atomic E-state index is 0.103. The number of benzene rings is 2. The number of aliphatic hydroxyl groups is 1. The van der Waals surface area contributed by atoms with Crippen LogP contribution < -0.4 is 0 Å². The van der Waals surface area contributed by atoms with Crippen LogP contribution in [0.15, 0.2) is 91.4 Å². The summed E-state index contributed by atoms with van der Waals surface area (Å²) < 4.78 is 3.92. The van der Waals surface area contributed by atoms with E-state index in [0.29, 0.717) is 24.5 Å². The molecular weight excluding hydrogens is 424 g/mol. The molecule has 0 amide bonds. The molecule has 0 fully saturated rings. The molecule has 7 heteroatoms. The summed E-state index contributed by atoms with van der Waals surface area (Å²) in [5.41, 5.74) is 6.52. The van der Waals surface area contributed by atoms with Gasteiger partial charge in [-0.15, -0.1) is 5.10 Å². The number of pyridine rings is 1. The number of hydrogen-bond donors (Lipinski definition) is 1. The lowest BCUT2D eigenvalue weighted by molar-refractivity contribution is 0.281. The van der Waals surface area contributed by atoms with Crippen molar-refractivity contribution in [2.75, 3.05) is 6.61 Å². The van der Waals surface area contributed by atoms with Crippen LogP contribution in [0.25, 0.3) is 50.6 Å². The molecule has 2 aromatic carbocycles. The highest BCUT2D eigenvalue weighted by Crippen LogP contribution is 2.42. The summed E-state index contributed by atoms with van der Waals surface area (Å²) in [6, 6.07) is 26.3. The Balaban J connectivity index is 1.74. The number of aliphatic hydroxyl groups excluding tert-OH is 1. The van der Waals surface area contributed by atoms with E-state index in [4.69, 9.17) is 9.97 Å². The minimum absolute atomic E-state index is 0.103.